The first-order valence-electron chi connectivity index (χ1n) is 6.71. The molecule has 0 fully saturated rings. The second-order valence-electron chi connectivity index (χ2n) is 5.35. The molecule has 0 aliphatic rings. The lowest BCUT2D eigenvalue weighted by atomic mass is 10.0. The third-order valence-corrected chi connectivity index (χ3v) is 4.46. The molecule has 4 heteroatoms. The first-order valence-corrected chi connectivity index (χ1v) is 7.59. The van der Waals surface area contributed by atoms with E-state index >= 15 is 0 Å². The van der Waals surface area contributed by atoms with Crippen LogP contribution in [0.1, 0.15) is 20.3 Å². The average Bonchev–Trinajstić information content (AvgIpc) is 2.77. The molecule has 0 aliphatic carbocycles. The van der Waals surface area contributed by atoms with Crippen LogP contribution < -0.4 is 5.73 Å². The van der Waals surface area contributed by atoms with Crippen LogP contribution in [0, 0.1) is 5.92 Å². The topological polar surface area (TPSA) is 62.0 Å². The van der Waals surface area contributed by atoms with Gasteiger partial charge < -0.3 is 15.8 Å². The summed E-state index contributed by atoms with van der Waals surface area (Å²) >= 11 is 1.63. The Balaban J connectivity index is 2.09. The van der Waals surface area contributed by atoms with E-state index in [0.717, 1.165) is 17.0 Å². The minimum Gasteiger partial charge on any atom is -0.395 e. The monoisotopic (exact) mass is 278 g/mol. The lowest BCUT2D eigenvalue weighted by Gasteiger charge is -2.22. The number of rotatable bonds is 6. The summed E-state index contributed by atoms with van der Waals surface area (Å²) < 4.78 is 0. The number of aromatic nitrogens is 1. The van der Waals surface area contributed by atoms with Crippen LogP contribution in [-0.2, 0) is 0 Å². The van der Waals surface area contributed by atoms with Crippen molar-refractivity contribution in [1.82, 2.24) is 4.98 Å². The number of aromatic amines is 1. The van der Waals surface area contributed by atoms with Crippen LogP contribution in [-0.4, -0.2) is 28.0 Å². The predicted molar refractivity (Wildman–Crippen MR) is 82.5 cm³/mol. The molecule has 2 rings (SSSR count). The van der Waals surface area contributed by atoms with Gasteiger partial charge in [-0.2, -0.15) is 0 Å². The van der Waals surface area contributed by atoms with Crippen LogP contribution in [0.2, 0.25) is 0 Å². The van der Waals surface area contributed by atoms with Crippen LogP contribution in [0.5, 0.6) is 0 Å². The number of thioether (sulfide) groups is 1. The van der Waals surface area contributed by atoms with E-state index in [0.29, 0.717) is 5.92 Å². The van der Waals surface area contributed by atoms with E-state index in [9.17, 15) is 5.11 Å². The molecule has 0 saturated carbocycles. The Morgan fingerprint density at radius 3 is 2.68 bits per heavy atom. The number of fused-ring (bicyclic) bond motifs is 1. The first-order chi connectivity index (χ1) is 9.10. The number of nitrogens with two attached hydrogens (primary N) is 1. The van der Waals surface area contributed by atoms with Gasteiger partial charge in [-0.1, -0.05) is 32.0 Å². The van der Waals surface area contributed by atoms with Gasteiger partial charge in [-0.05, 0) is 24.5 Å². The number of nitrogens with one attached hydrogen (secondary N) is 1. The molecule has 0 aliphatic heterocycles. The highest BCUT2D eigenvalue weighted by molar-refractivity contribution is 8.00. The number of benzene rings is 1. The number of aliphatic hydroxyl groups is 1. The van der Waals surface area contributed by atoms with Gasteiger partial charge in [0.25, 0.3) is 0 Å². The molecule has 0 radical (unpaired) electrons. The normalized spacial score (nSPS) is 15.0. The molecule has 2 unspecified atom stereocenters. The molecule has 1 aromatic heterocycles. The zero-order valence-electron chi connectivity index (χ0n) is 11.5. The predicted octanol–water partition coefficient (Wildman–Crippen LogP) is 2.99. The largest absolute Gasteiger partial charge is 0.395 e. The van der Waals surface area contributed by atoms with Gasteiger partial charge in [-0.15, -0.1) is 11.8 Å². The van der Waals surface area contributed by atoms with Gasteiger partial charge in [-0.3, -0.25) is 0 Å². The molecule has 1 heterocycles. The van der Waals surface area contributed by atoms with E-state index in [1.54, 1.807) is 11.8 Å². The van der Waals surface area contributed by atoms with E-state index in [1.807, 2.05) is 12.1 Å². The lowest BCUT2D eigenvalue weighted by molar-refractivity contribution is 0.275. The highest BCUT2D eigenvalue weighted by atomic mass is 32.2. The van der Waals surface area contributed by atoms with Crippen molar-refractivity contribution in [2.24, 2.45) is 11.7 Å². The van der Waals surface area contributed by atoms with Gasteiger partial charge in [0.05, 0.1) is 11.6 Å². The van der Waals surface area contributed by atoms with Crippen LogP contribution in [0.3, 0.4) is 0 Å². The summed E-state index contributed by atoms with van der Waals surface area (Å²) in [4.78, 5) is 3.36. The maximum atomic E-state index is 9.53. The number of hydrogen-bond donors (Lipinski definition) is 3. The van der Waals surface area contributed by atoms with Gasteiger partial charge in [0, 0.05) is 22.2 Å². The summed E-state index contributed by atoms with van der Waals surface area (Å²) in [5.41, 5.74) is 7.30. The van der Waals surface area contributed by atoms with Gasteiger partial charge in [-0.25, -0.2) is 0 Å². The van der Waals surface area contributed by atoms with Crippen molar-refractivity contribution in [3.63, 3.8) is 0 Å². The molecule has 104 valence electrons. The van der Waals surface area contributed by atoms with Crippen molar-refractivity contribution in [3.05, 3.63) is 30.3 Å². The molecule has 1 aromatic carbocycles. The molecule has 0 spiro atoms. The maximum absolute atomic E-state index is 9.53. The number of aliphatic hydroxyl groups excluding tert-OH is 1. The number of H-pyrrole nitrogens is 1. The van der Waals surface area contributed by atoms with E-state index in [4.69, 9.17) is 5.73 Å². The minimum absolute atomic E-state index is 0.0152. The summed E-state index contributed by atoms with van der Waals surface area (Å²) in [5.74, 6) is 0.548. The van der Waals surface area contributed by atoms with Gasteiger partial charge in [0.15, 0.2) is 0 Å². The quantitative estimate of drug-likeness (QED) is 0.712. The zero-order chi connectivity index (χ0) is 13.8. The Labute approximate surface area is 118 Å². The van der Waals surface area contributed by atoms with E-state index in [-0.39, 0.29) is 17.9 Å². The van der Waals surface area contributed by atoms with Crippen LogP contribution in [0.25, 0.3) is 10.9 Å². The Bertz CT molecular complexity index is 491. The van der Waals surface area contributed by atoms with Crippen molar-refractivity contribution >= 4 is 22.7 Å². The van der Waals surface area contributed by atoms with Crippen molar-refractivity contribution < 1.29 is 5.11 Å². The van der Waals surface area contributed by atoms with Crippen molar-refractivity contribution in [2.45, 2.75) is 36.6 Å². The molecule has 0 saturated heterocycles. The summed E-state index contributed by atoms with van der Waals surface area (Å²) in [7, 11) is 0. The van der Waals surface area contributed by atoms with Gasteiger partial charge >= 0.3 is 0 Å². The number of para-hydroxylation sites is 1. The fourth-order valence-electron chi connectivity index (χ4n) is 2.23. The SMILES string of the molecule is CC(C)CC(N)C(CO)Sc1cc2ccccc2[nH]1. The molecular formula is C15H22N2OS. The zero-order valence-corrected chi connectivity index (χ0v) is 12.3. The second kappa shape index (κ2) is 6.46. The highest BCUT2D eigenvalue weighted by Crippen LogP contribution is 2.29. The van der Waals surface area contributed by atoms with E-state index < -0.39 is 0 Å². The Morgan fingerprint density at radius 2 is 2.05 bits per heavy atom. The number of hydrogen-bond acceptors (Lipinski definition) is 3. The van der Waals surface area contributed by atoms with Crippen LogP contribution >= 0.6 is 11.8 Å². The summed E-state index contributed by atoms with van der Waals surface area (Å²) in [5, 5.41) is 11.8. The molecule has 4 N–H and O–H groups in total. The maximum Gasteiger partial charge on any atom is 0.0736 e. The fourth-order valence-corrected chi connectivity index (χ4v) is 3.28. The van der Waals surface area contributed by atoms with Crippen molar-refractivity contribution in [1.29, 1.82) is 0 Å². The lowest BCUT2D eigenvalue weighted by Crippen LogP contribution is -2.36. The third-order valence-electron chi connectivity index (χ3n) is 3.18. The highest BCUT2D eigenvalue weighted by Gasteiger charge is 2.20. The summed E-state index contributed by atoms with van der Waals surface area (Å²) in [6, 6.07) is 10.3. The van der Waals surface area contributed by atoms with Crippen molar-refractivity contribution in [2.75, 3.05) is 6.61 Å². The molecule has 2 atom stereocenters. The van der Waals surface area contributed by atoms with E-state index in [1.165, 1.54) is 5.39 Å². The Kier molecular flexibility index (Phi) is 4.91. The summed E-state index contributed by atoms with van der Waals surface area (Å²) in [6.45, 7) is 4.41. The molecule has 3 nitrogen and oxygen atoms in total. The molecular weight excluding hydrogens is 256 g/mol. The second-order valence-corrected chi connectivity index (χ2v) is 6.63. The minimum atomic E-state index is 0.0152. The van der Waals surface area contributed by atoms with Crippen molar-refractivity contribution in [3.8, 4) is 0 Å². The average molecular weight is 278 g/mol. The first kappa shape index (κ1) is 14.4. The molecule has 2 aromatic rings. The fraction of sp³-hybridized carbons (Fsp3) is 0.467. The smallest absolute Gasteiger partial charge is 0.0736 e. The van der Waals surface area contributed by atoms with Crippen LogP contribution in [0.4, 0.5) is 0 Å². The Morgan fingerprint density at radius 1 is 1.32 bits per heavy atom. The standard InChI is InChI=1S/C15H22N2OS/c1-10(2)7-12(16)14(9-18)19-15-8-11-5-3-4-6-13(11)17-15/h3-6,8,10,12,14,17-18H,7,9,16H2,1-2H3. The Hall–Kier alpha value is -0.970. The third kappa shape index (κ3) is 3.75. The van der Waals surface area contributed by atoms with Gasteiger partial charge in [0.2, 0.25) is 0 Å². The molecule has 19 heavy (non-hydrogen) atoms. The van der Waals surface area contributed by atoms with E-state index in [2.05, 4.69) is 37.0 Å². The van der Waals surface area contributed by atoms with Crippen LogP contribution in [0.15, 0.2) is 35.4 Å². The molecule has 0 amide bonds. The molecule has 0 bridgehead atoms. The van der Waals surface area contributed by atoms with Gasteiger partial charge in [0.1, 0.15) is 0 Å². The summed E-state index contributed by atoms with van der Waals surface area (Å²) in [6.07, 6.45) is 0.929.